The number of nitrogens with two attached hydrogens (primary N) is 1. The minimum atomic E-state index is -3.74. The summed E-state index contributed by atoms with van der Waals surface area (Å²) in [5.74, 6) is 0.245. The molecule has 6 nitrogen and oxygen atoms in total. The number of halogens is 1. The molecule has 0 bridgehead atoms. The standard InChI is InChI=1S/C10H16ClN3O3S/c1-6(2)17-9(7(3)18(12,15)16)10-13-4-8(11)5-14-10/h4-7,9H,1-3H3,(H2,12,15,16)/t7-,9+/m0/s1. The summed E-state index contributed by atoms with van der Waals surface area (Å²) in [6.45, 7) is 5.04. The zero-order chi connectivity index (χ0) is 13.9. The lowest BCUT2D eigenvalue weighted by atomic mass is 10.2. The van der Waals surface area contributed by atoms with Crippen molar-refractivity contribution in [2.75, 3.05) is 0 Å². The maximum Gasteiger partial charge on any atom is 0.214 e. The fourth-order valence-corrected chi connectivity index (χ4v) is 1.94. The van der Waals surface area contributed by atoms with E-state index >= 15 is 0 Å². The van der Waals surface area contributed by atoms with Crippen LogP contribution in [0.25, 0.3) is 0 Å². The van der Waals surface area contributed by atoms with Gasteiger partial charge in [0.1, 0.15) is 11.4 Å². The van der Waals surface area contributed by atoms with Gasteiger partial charge in [-0.1, -0.05) is 11.6 Å². The molecule has 0 saturated carbocycles. The number of ether oxygens (including phenoxy) is 1. The summed E-state index contributed by atoms with van der Waals surface area (Å²) < 4.78 is 28.4. The molecule has 8 heteroatoms. The first kappa shape index (κ1) is 15.3. The van der Waals surface area contributed by atoms with Gasteiger partial charge in [0.2, 0.25) is 10.0 Å². The number of aromatic nitrogens is 2. The van der Waals surface area contributed by atoms with Crippen molar-refractivity contribution in [1.29, 1.82) is 0 Å². The van der Waals surface area contributed by atoms with Gasteiger partial charge in [-0.3, -0.25) is 0 Å². The Kier molecular flexibility index (Phi) is 5.03. The summed E-state index contributed by atoms with van der Waals surface area (Å²) in [4.78, 5) is 7.96. The van der Waals surface area contributed by atoms with E-state index in [1.807, 2.05) is 0 Å². The fraction of sp³-hybridized carbons (Fsp3) is 0.600. The topological polar surface area (TPSA) is 95.2 Å². The Labute approximate surface area is 112 Å². The van der Waals surface area contributed by atoms with E-state index in [4.69, 9.17) is 21.5 Å². The third kappa shape index (κ3) is 4.16. The van der Waals surface area contributed by atoms with Crippen molar-refractivity contribution in [3.63, 3.8) is 0 Å². The second-order valence-corrected chi connectivity index (χ2v) is 6.52. The molecule has 1 rings (SSSR count). The monoisotopic (exact) mass is 293 g/mol. The van der Waals surface area contributed by atoms with Crippen LogP contribution in [-0.2, 0) is 14.8 Å². The molecule has 0 radical (unpaired) electrons. The number of sulfonamides is 1. The average molecular weight is 294 g/mol. The van der Waals surface area contributed by atoms with Crippen molar-refractivity contribution in [1.82, 2.24) is 9.97 Å². The van der Waals surface area contributed by atoms with Crippen molar-refractivity contribution < 1.29 is 13.2 Å². The molecule has 0 aliphatic carbocycles. The highest BCUT2D eigenvalue weighted by molar-refractivity contribution is 7.89. The van der Waals surface area contributed by atoms with Gasteiger partial charge < -0.3 is 4.74 Å². The molecule has 0 aliphatic rings. The summed E-state index contributed by atoms with van der Waals surface area (Å²) in [5, 5.41) is 4.56. The Hall–Kier alpha value is -0.760. The van der Waals surface area contributed by atoms with Crippen LogP contribution in [-0.4, -0.2) is 29.7 Å². The third-order valence-electron chi connectivity index (χ3n) is 2.26. The van der Waals surface area contributed by atoms with Crippen LogP contribution >= 0.6 is 11.6 Å². The number of nitrogens with zero attached hydrogens (tertiary/aromatic N) is 2. The third-order valence-corrected chi connectivity index (χ3v) is 3.74. The molecule has 2 N–H and O–H groups in total. The molecule has 102 valence electrons. The second kappa shape index (κ2) is 5.92. The first-order valence-corrected chi connectivity index (χ1v) is 7.35. The maximum atomic E-state index is 11.4. The van der Waals surface area contributed by atoms with Gasteiger partial charge in [0, 0.05) is 12.4 Å². The summed E-state index contributed by atoms with van der Waals surface area (Å²) in [6.07, 6.45) is 1.77. The highest BCUT2D eigenvalue weighted by Crippen LogP contribution is 2.24. The Morgan fingerprint density at radius 1 is 1.28 bits per heavy atom. The van der Waals surface area contributed by atoms with Crippen LogP contribution in [0.3, 0.4) is 0 Å². The lowest BCUT2D eigenvalue weighted by molar-refractivity contribution is 0.00146. The van der Waals surface area contributed by atoms with E-state index < -0.39 is 21.4 Å². The van der Waals surface area contributed by atoms with E-state index in [-0.39, 0.29) is 11.9 Å². The van der Waals surface area contributed by atoms with Gasteiger partial charge in [0.25, 0.3) is 0 Å². The highest BCUT2D eigenvalue weighted by Gasteiger charge is 2.31. The summed E-state index contributed by atoms with van der Waals surface area (Å²) in [7, 11) is -3.74. The van der Waals surface area contributed by atoms with Crippen LogP contribution < -0.4 is 5.14 Å². The van der Waals surface area contributed by atoms with Crippen LogP contribution in [0, 0.1) is 0 Å². The highest BCUT2D eigenvalue weighted by atomic mass is 35.5. The van der Waals surface area contributed by atoms with E-state index in [0.29, 0.717) is 5.02 Å². The number of hydrogen-bond donors (Lipinski definition) is 1. The van der Waals surface area contributed by atoms with E-state index in [1.54, 1.807) is 13.8 Å². The second-order valence-electron chi connectivity index (χ2n) is 4.16. The molecule has 0 saturated heterocycles. The summed E-state index contributed by atoms with van der Waals surface area (Å²) in [5.41, 5.74) is 0. The van der Waals surface area contributed by atoms with Gasteiger partial charge in [-0.05, 0) is 20.8 Å². The lowest BCUT2D eigenvalue weighted by Gasteiger charge is -2.23. The van der Waals surface area contributed by atoms with E-state index in [0.717, 1.165) is 0 Å². The fourth-order valence-electron chi connectivity index (χ4n) is 1.32. The van der Waals surface area contributed by atoms with Crippen molar-refractivity contribution >= 4 is 21.6 Å². The number of rotatable bonds is 5. The molecule has 2 atom stereocenters. The molecule has 18 heavy (non-hydrogen) atoms. The van der Waals surface area contributed by atoms with Gasteiger partial charge in [-0.25, -0.2) is 23.5 Å². The van der Waals surface area contributed by atoms with E-state index in [2.05, 4.69) is 9.97 Å². The van der Waals surface area contributed by atoms with Crippen LogP contribution in [0.4, 0.5) is 0 Å². The first-order chi connectivity index (χ1) is 8.21. The zero-order valence-electron chi connectivity index (χ0n) is 10.4. The molecule has 0 aromatic carbocycles. The number of hydrogen-bond acceptors (Lipinski definition) is 5. The smallest absolute Gasteiger partial charge is 0.214 e. The largest absolute Gasteiger partial charge is 0.366 e. The number of primary sulfonamides is 1. The average Bonchev–Trinajstić information content (AvgIpc) is 2.25. The van der Waals surface area contributed by atoms with E-state index in [1.165, 1.54) is 19.3 Å². The molecule has 1 aromatic heterocycles. The Morgan fingerprint density at radius 2 is 1.78 bits per heavy atom. The Morgan fingerprint density at radius 3 is 2.17 bits per heavy atom. The maximum absolute atomic E-state index is 11.4. The lowest BCUT2D eigenvalue weighted by Crippen LogP contribution is -2.34. The molecular formula is C10H16ClN3O3S. The van der Waals surface area contributed by atoms with Crippen LogP contribution in [0.15, 0.2) is 12.4 Å². The van der Waals surface area contributed by atoms with Gasteiger partial charge in [-0.2, -0.15) is 0 Å². The van der Waals surface area contributed by atoms with Gasteiger partial charge in [0.15, 0.2) is 5.82 Å². The quantitative estimate of drug-likeness (QED) is 0.882. The minimum absolute atomic E-state index is 0.182. The SMILES string of the molecule is CC(C)O[C@@H](c1ncc(Cl)cn1)[C@H](C)S(N)(=O)=O. The van der Waals surface area contributed by atoms with E-state index in [9.17, 15) is 8.42 Å². The predicted molar refractivity (Wildman–Crippen MR) is 68.6 cm³/mol. The molecule has 0 unspecified atom stereocenters. The molecule has 0 spiro atoms. The Balaban J connectivity index is 3.09. The molecular weight excluding hydrogens is 278 g/mol. The van der Waals surface area contributed by atoms with Gasteiger partial charge in [-0.15, -0.1) is 0 Å². The summed E-state index contributed by atoms with van der Waals surface area (Å²) >= 11 is 5.68. The van der Waals surface area contributed by atoms with Crippen LogP contribution in [0.2, 0.25) is 5.02 Å². The molecule has 0 amide bonds. The zero-order valence-corrected chi connectivity index (χ0v) is 11.9. The molecule has 1 heterocycles. The predicted octanol–water partition coefficient (Wildman–Crippen LogP) is 1.27. The normalized spacial score (nSPS) is 15.7. The van der Waals surface area contributed by atoms with Crippen molar-refractivity contribution in [2.45, 2.75) is 38.2 Å². The Bertz CT molecular complexity index is 490. The van der Waals surface area contributed by atoms with Gasteiger partial charge >= 0.3 is 0 Å². The summed E-state index contributed by atoms with van der Waals surface area (Å²) in [6, 6.07) is 0. The van der Waals surface area contributed by atoms with Crippen molar-refractivity contribution in [3.05, 3.63) is 23.2 Å². The van der Waals surface area contributed by atoms with Gasteiger partial charge in [0.05, 0.1) is 11.1 Å². The van der Waals surface area contributed by atoms with Crippen LogP contribution in [0.1, 0.15) is 32.7 Å². The first-order valence-electron chi connectivity index (χ1n) is 5.36. The molecule has 1 aromatic rings. The van der Waals surface area contributed by atoms with Crippen molar-refractivity contribution in [3.8, 4) is 0 Å². The van der Waals surface area contributed by atoms with Crippen molar-refractivity contribution in [2.24, 2.45) is 5.14 Å². The molecule has 0 aliphatic heterocycles. The van der Waals surface area contributed by atoms with Crippen LogP contribution in [0.5, 0.6) is 0 Å². The minimum Gasteiger partial charge on any atom is -0.366 e. The molecule has 0 fully saturated rings.